The third-order valence-electron chi connectivity index (χ3n) is 24.8. The fourth-order valence-electron chi connectivity index (χ4n) is 19.3. The number of thiophene rings is 2. The molecule has 0 spiro atoms. The van der Waals surface area contributed by atoms with Crippen molar-refractivity contribution >= 4 is 63.0 Å². The van der Waals surface area contributed by atoms with E-state index in [0.717, 1.165) is 88.7 Å². The predicted molar refractivity (Wildman–Crippen MR) is 514 cm³/mol. The van der Waals surface area contributed by atoms with E-state index in [1.807, 2.05) is 53.0 Å². The van der Waals surface area contributed by atoms with Gasteiger partial charge in [0, 0.05) is 73.7 Å². The highest BCUT2D eigenvalue weighted by atomic mass is 32.1. The minimum Gasteiger partial charge on any atom is -0.208 e. The van der Waals surface area contributed by atoms with Gasteiger partial charge in [-0.1, -0.05) is 394 Å². The van der Waals surface area contributed by atoms with Gasteiger partial charge in [-0.25, -0.2) is 29.9 Å². The van der Waals surface area contributed by atoms with Crippen LogP contribution >= 0.6 is 22.7 Å². The summed E-state index contributed by atoms with van der Waals surface area (Å²) in [5.41, 5.74) is 29.2. The SMILES string of the molecule is c1ccc(-c2cc(-c3ccccc3)cc(-c3nc(-c4ccccc4)nc(-c4cccc5sc6cc(C7(c8ccccc8)c8ccccc8-c8ccccc87)ccc6c45)n3)c2)cc1.c1ccc(-c2cccc(-c3nc(-c4cccc(-c5ccccc5)c4)nc(-c4cccc5sc6cc(C7(c8ccccc8)c8ccccc8-c8ccccc87)ccc6c45)n3)c2)cc1. The van der Waals surface area contributed by atoms with Gasteiger partial charge >= 0.3 is 0 Å². The van der Waals surface area contributed by atoms with Crippen molar-refractivity contribution in [2.75, 3.05) is 0 Å². The van der Waals surface area contributed by atoms with Gasteiger partial charge in [0.2, 0.25) is 0 Å². The molecule has 0 unspecified atom stereocenters. The van der Waals surface area contributed by atoms with Gasteiger partial charge in [-0.15, -0.1) is 22.7 Å². The highest BCUT2D eigenvalue weighted by molar-refractivity contribution is 7.26. The molecule has 0 N–H and O–H groups in total. The van der Waals surface area contributed by atoms with Crippen LogP contribution in [0.2, 0.25) is 0 Å². The Kier molecular flexibility index (Phi) is 18.3. The highest BCUT2D eigenvalue weighted by Gasteiger charge is 2.48. The van der Waals surface area contributed by atoms with Gasteiger partial charge in [-0.2, -0.15) is 0 Å². The van der Waals surface area contributed by atoms with Crippen molar-refractivity contribution in [1.29, 1.82) is 0 Å². The van der Waals surface area contributed by atoms with E-state index in [9.17, 15) is 0 Å². The zero-order valence-corrected chi connectivity index (χ0v) is 68.9. The maximum Gasteiger partial charge on any atom is 0.164 e. The second kappa shape index (κ2) is 30.9. The van der Waals surface area contributed by atoms with Crippen molar-refractivity contribution < 1.29 is 0 Å². The summed E-state index contributed by atoms with van der Waals surface area (Å²) in [4.78, 5) is 31.7. The number of benzene rings is 18. The molecule has 6 nitrogen and oxygen atoms in total. The van der Waals surface area contributed by atoms with E-state index >= 15 is 0 Å². The first-order valence-electron chi connectivity index (χ1n) is 42.0. The van der Waals surface area contributed by atoms with Crippen LogP contribution in [-0.2, 0) is 10.8 Å². The number of fused-ring (bicyclic) bond motifs is 12. The Morgan fingerprint density at radius 1 is 0.153 bits per heavy atom. The standard InChI is InChI=1S/2C58H37N3S/c1-5-18-38(19-6-1)41-34-42(39-20-7-2-8-21-39)36-43(35-41)56-59-55(40-22-9-3-10-23-40)60-57(61-56)49-28-17-31-52-54(49)48-33-32-45(37-53(48)62-52)58(44-24-11-4-12-25-44)50-29-15-13-26-46(50)47-27-14-16-30-51(47)58;1-4-17-38(18-5-1)40-21-14-23-42(35-40)55-59-56(43-24-15-22-41(36-43)39-19-6-2-7-20-39)61-57(60-55)49-29-16-32-52-54(49)48-34-33-45(37-53(48)62-52)58(44-25-8-3-9-26-44)50-30-12-10-27-46(50)47-28-11-13-31-51(47)58/h2*1-37H. The number of hydrogen-bond acceptors (Lipinski definition) is 8. The van der Waals surface area contributed by atoms with E-state index in [0.29, 0.717) is 34.9 Å². The van der Waals surface area contributed by atoms with E-state index in [1.54, 1.807) is 0 Å². The van der Waals surface area contributed by atoms with Crippen LogP contribution < -0.4 is 0 Å². The maximum absolute atomic E-state index is 5.37. The lowest BCUT2D eigenvalue weighted by Crippen LogP contribution is -2.28. The van der Waals surface area contributed by atoms with E-state index in [4.69, 9.17) is 29.9 Å². The molecule has 580 valence electrons. The lowest BCUT2D eigenvalue weighted by atomic mass is 9.67. The van der Waals surface area contributed by atoms with Crippen molar-refractivity contribution in [3.05, 3.63) is 493 Å². The number of rotatable bonds is 14. The molecule has 0 saturated carbocycles. The molecule has 0 saturated heterocycles. The van der Waals surface area contributed by atoms with Gasteiger partial charge < -0.3 is 0 Å². The molecule has 8 heteroatoms. The van der Waals surface area contributed by atoms with Crippen LogP contribution in [0, 0.1) is 0 Å². The molecule has 0 bridgehead atoms. The summed E-state index contributed by atoms with van der Waals surface area (Å²) in [6.07, 6.45) is 0. The molecule has 24 rings (SSSR count). The molecule has 124 heavy (non-hydrogen) atoms. The van der Waals surface area contributed by atoms with Gasteiger partial charge in [-0.3, -0.25) is 0 Å². The molecule has 4 heterocycles. The van der Waals surface area contributed by atoms with Gasteiger partial charge in [0.25, 0.3) is 0 Å². The molecule has 2 aliphatic carbocycles. The summed E-state index contributed by atoms with van der Waals surface area (Å²) in [6.45, 7) is 0. The molecule has 18 aromatic carbocycles. The topological polar surface area (TPSA) is 77.3 Å². The molecular weight excluding hydrogens is 1540 g/mol. The summed E-state index contributed by atoms with van der Waals surface area (Å²) in [5.74, 6) is 3.83. The Bertz CT molecular complexity index is 7340. The number of nitrogens with zero attached hydrogens (tertiary/aromatic N) is 6. The first kappa shape index (κ1) is 73.6. The first-order chi connectivity index (χ1) is 61.4. The van der Waals surface area contributed by atoms with Crippen molar-refractivity contribution in [2.24, 2.45) is 0 Å². The molecule has 2 aliphatic rings. The first-order valence-corrected chi connectivity index (χ1v) is 43.7. The van der Waals surface area contributed by atoms with E-state index in [2.05, 4.69) is 419 Å². The second-order valence-corrected chi connectivity index (χ2v) is 34.0. The van der Waals surface area contributed by atoms with Gasteiger partial charge in [-0.05, 0) is 166 Å². The van der Waals surface area contributed by atoms with E-state index < -0.39 is 10.8 Å². The average molecular weight is 1620 g/mol. The molecule has 0 aliphatic heterocycles. The Hall–Kier alpha value is -15.6. The lowest BCUT2D eigenvalue weighted by molar-refractivity contribution is 0.770. The minimum absolute atomic E-state index is 0.470. The highest BCUT2D eigenvalue weighted by Crippen LogP contribution is 2.59. The van der Waals surface area contributed by atoms with Gasteiger partial charge in [0.1, 0.15) is 0 Å². The monoisotopic (exact) mass is 1610 g/mol. The van der Waals surface area contributed by atoms with Crippen molar-refractivity contribution in [3.63, 3.8) is 0 Å². The van der Waals surface area contributed by atoms with E-state index in [1.165, 1.54) is 96.3 Å². The molecule has 4 aromatic heterocycles. The quantitative estimate of drug-likeness (QED) is 0.108. The number of aromatic nitrogens is 6. The predicted octanol–water partition coefficient (Wildman–Crippen LogP) is 29.9. The van der Waals surface area contributed by atoms with Crippen LogP contribution in [0.15, 0.2) is 449 Å². The fraction of sp³-hybridized carbons (Fsp3) is 0.0172. The number of hydrogen-bond donors (Lipinski definition) is 0. The Labute approximate surface area is 726 Å². The Morgan fingerprint density at radius 3 is 0.782 bits per heavy atom. The summed E-state index contributed by atoms with van der Waals surface area (Å²) >= 11 is 3.66. The molecule has 0 amide bonds. The van der Waals surface area contributed by atoms with Crippen LogP contribution in [0.25, 0.3) is 175 Å². The van der Waals surface area contributed by atoms with Crippen molar-refractivity contribution in [1.82, 2.24) is 29.9 Å². The lowest BCUT2D eigenvalue weighted by Gasteiger charge is -2.33. The average Bonchev–Trinajstić information content (AvgIpc) is 1.54. The van der Waals surface area contributed by atoms with Gasteiger partial charge in [0.05, 0.1) is 10.8 Å². The molecular formula is C116H74N6S2. The largest absolute Gasteiger partial charge is 0.208 e. The molecule has 0 atom stereocenters. The Balaban J connectivity index is 0.000000143. The fourth-order valence-corrected chi connectivity index (χ4v) is 21.6. The smallest absolute Gasteiger partial charge is 0.164 e. The summed E-state index contributed by atoms with van der Waals surface area (Å²) < 4.78 is 4.83. The van der Waals surface area contributed by atoms with Crippen LogP contribution in [0.1, 0.15) is 44.5 Å². The maximum atomic E-state index is 5.37. The summed E-state index contributed by atoms with van der Waals surface area (Å²) in [7, 11) is 0. The zero-order chi connectivity index (χ0) is 82.1. The second-order valence-electron chi connectivity index (χ2n) is 31.8. The zero-order valence-electron chi connectivity index (χ0n) is 67.2. The molecule has 0 fully saturated rings. The van der Waals surface area contributed by atoms with Crippen LogP contribution in [-0.4, -0.2) is 29.9 Å². The van der Waals surface area contributed by atoms with Crippen molar-refractivity contribution in [3.8, 4) is 135 Å². The minimum atomic E-state index is -0.470. The third-order valence-corrected chi connectivity index (χ3v) is 27.1. The summed E-state index contributed by atoms with van der Waals surface area (Å²) in [6, 6.07) is 161. The van der Waals surface area contributed by atoms with Crippen LogP contribution in [0.4, 0.5) is 0 Å². The van der Waals surface area contributed by atoms with Crippen LogP contribution in [0.3, 0.4) is 0 Å². The molecule has 0 radical (unpaired) electrons. The van der Waals surface area contributed by atoms with Gasteiger partial charge in [0.15, 0.2) is 34.9 Å². The van der Waals surface area contributed by atoms with E-state index in [-0.39, 0.29) is 0 Å². The third kappa shape index (κ3) is 12.6. The summed E-state index contributed by atoms with van der Waals surface area (Å²) in [5, 5.41) is 4.68. The normalized spacial score (nSPS) is 12.6. The van der Waals surface area contributed by atoms with Crippen molar-refractivity contribution in [2.45, 2.75) is 10.8 Å². The van der Waals surface area contributed by atoms with Crippen LogP contribution in [0.5, 0.6) is 0 Å². The molecule has 22 aromatic rings. The Morgan fingerprint density at radius 2 is 0.411 bits per heavy atom.